The summed E-state index contributed by atoms with van der Waals surface area (Å²) >= 11 is 0. The first-order valence-electron chi connectivity index (χ1n) is 11.1. The fourth-order valence-electron chi connectivity index (χ4n) is 3.72. The number of anilines is 2. The van der Waals surface area contributed by atoms with E-state index in [1.165, 1.54) is 31.5 Å². The van der Waals surface area contributed by atoms with Gasteiger partial charge in [0.1, 0.15) is 5.69 Å². The Hall–Kier alpha value is -3.98. The number of rotatable bonds is 7. The van der Waals surface area contributed by atoms with E-state index >= 15 is 0 Å². The highest BCUT2D eigenvalue weighted by Gasteiger charge is 2.26. The van der Waals surface area contributed by atoms with Crippen LogP contribution in [0.5, 0.6) is 0 Å². The molecule has 180 valence electrons. The molecule has 0 saturated heterocycles. The Kier molecular flexibility index (Phi) is 6.70. The highest BCUT2D eigenvalue weighted by Crippen LogP contribution is 2.29. The maximum Gasteiger partial charge on any atom is 0.355 e. The molecule has 0 amide bonds. The topological polar surface area (TPSA) is 103 Å². The minimum atomic E-state index is -4.05. The summed E-state index contributed by atoms with van der Waals surface area (Å²) in [6.07, 6.45) is 3.88. The van der Waals surface area contributed by atoms with Gasteiger partial charge in [0.15, 0.2) is 0 Å². The standard InChI is InChI=1S/C26H26N4O4S/c1-5-19-8-6-7-9-22(19)28-26-27-15-18(3)24(29-26)20-14-23(25(31)34-4)30(16-20)35(32,33)21-12-10-17(2)11-13-21/h6-16H,5H2,1-4H3,(H,27,28,29). The number of aryl methyl sites for hydroxylation is 3. The molecule has 0 atom stereocenters. The zero-order valence-electron chi connectivity index (χ0n) is 19.9. The van der Waals surface area contributed by atoms with Crippen LogP contribution in [0.4, 0.5) is 11.6 Å². The van der Waals surface area contributed by atoms with Crippen LogP contribution in [0.25, 0.3) is 11.3 Å². The molecular formula is C26H26N4O4S. The van der Waals surface area contributed by atoms with Gasteiger partial charge in [0.25, 0.3) is 10.0 Å². The van der Waals surface area contributed by atoms with Crippen molar-refractivity contribution < 1.29 is 17.9 Å². The molecule has 9 heteroatoms. The molecule has 0 aliphatic carbocycles. The number of ether oxygens (including phenoxy) is 1. The number of para-hydroxylation sites is 1. The van der Waals surface area contributed by atoms with E-state index in [-0.39, 0.29) is 10.6 Å². The van der Waals surface area contributed by atoms with Crippen molar-refractivity contribution in [2.75, 3.05) is 12.4 Å². The molecule has 8 nitrogen and oxygen atoms in total. The van der Waals surface area contributed by atoms with Crippen molar-refractivity contribution in [3.05, 3.63) is 89.4 Å². The van der Waals surface area contributed by atoms with Crippen LogP contribution in [0.3, 0.4) is 0 Å². The van der Waals surface area contributed by atoms with E-state index in [2.05, 4.69) is 22.2 Å². The zero-order chi connectivity index (χ0) is 25.2. The summed E-state index contributed by atoms with van der Waals surface area (Å²) in [5.74, 6) is -0.408. The largest absolute Gasteiger partial charge is 0.464 e. The Morgan fingerprint density at radius 3 is 2.49 bits per heavy atom. The van der Waals surface area contributed by atoms with Crippen LogP contribution in [0.15, 0.2) is 71.9 Å². The lowest BCUT2D eigenvalue weighted by Crippen LogP contribution is -2.18. The van der Waals surface area contributed by atoms with Gasteiger partial charge in [0, 0.05) is 23.6 Å². The van der Waals surface area contributed by atoms with Crippen molar-refractivity contribution in [3.8, 4) is 11.3 Å². The van der Waals surface area contributed by atoms with E-state index < -0.39 is 16.0 Å². The van der Waals surface area contributed by atoms with Gasteiger partial charge in [-0.15, -0.1) is 0 Å². The van der Waals surface area contributed by atoms with E-state index in [0.717, 1.165) is 32.8 Å². The van der Waals surface area contributed by atoms with Crippen molar-refractivity contribution in [1.29, 1.82) is 0 Å². The average Bonchev–Trinajstić information content (AvgIpc) is 3.31. The van der Waals surface area contributed by atoms with Gasteiger partial charge in [-0.3, -0.25) is 0 Å². The second-order valence-electron chi connectivity index (χ2n) is 8.08. The molecule has 0 fully saturated rings. The molecule has 35 heavy (non-hydrogen) atoms. The summed E-state index contributed by atoms with van der Waals surface area (Å²) in [5, 5.41) is 3.24. The molecule has 4 rings (SSSR count). The number of carbonyl (C=O) groups excluding carboxylic acids is 1. The third-order valence-corrected chi connectivity index (χ3v) is 7.34. The number of aromatic nitrogens is 3. The van der Waals surface area contributed by atoms with E-state index in [4.69, 9.17) is 4.74 Å². The molecule has 0 spiro atoms. The van der Waals surface area contributed by atoms with Crippen molar-refractivity contribution in [2.24, 2.45) is 0 Å². The number of carbonyl (C=O) groups is 1. The maximum absolute atomic E-state index is 13.4. The van der Waals surface area contributed by atoms with Crippen LogP contribution in [0.1, 0.15) is 34.1 Å². The van der Waals surface area contributed by atoms with E-state index in [9.17, 15) is 13.2 Å². The molecule has 0 aliphatic heterocycles. The highest BCUT2D eigenvalue weighted by atomic mass is 32.2. The number of esters is 1. The fourth-order valence-corrected chi connectivity index (χ4v) is 5.06. The van der Waals surface area contributed by atoms with E-state index in [1.54, 1.807) is 18.3 Å². The Labute approximate surface area is 204 Å². The van der Waals surface area contributed by atoms with Crippen LogP contribution >= 0.6 is 0 Å². The maximum atomic E-state index is 13.4. The lowest BCUT2D eigenvalue weighted by Gasteiger charge is -2.11. The normalized spacial score (nSPS) is 11.3. The molecule has 0 unspecified atom stereocenters. The molecule has 2 heterocycles. The minimum Gasteiger partial charge on any atom is -0.464 e. The summed E-state index contributed by atoms with van der Waals surface area (Å²) in [7, 11) is -2.84. The van der Waals surface area contributed by atoms with Crippen molar-refractivity contribution in [3.63, 3.8) is 0 Å². The van der Waals surface area contributed by atoms with Crippen LogP contribution in [-0.2, 0) is 21.2 Å². The number of nitrogens with zero attached hydrogens (tertiary/aromatic N) is 3. The van der Waals surface area contributed by atoms with Gasteiger partial charge >= 0.3 is 5.97 Å². The average molecular weight is 491 g/mol. The molecule has 0 saturated carbocycles. The molecule has 2 aromatic carbocycles. The minimum absolute atomic E-state index is 0.0633. The lowest BCUT2D eigenvalue weighted by molar-refractivity contribution is 0.0593. The molecule has 0 aliphatic rings. The Morgan fingerprint density at radius 1 is 1.09 bits per heavy atom. The number of hydrogen-bond donors (Lipinski definition) is 1. The summed E-state index contributed by atoms with van der Waals surface area (Å²) in [4.78, 5) is 21.6. The lowest BCUT2D eigenvalue weighted by atomic mass is 10.1. The van der Waals surface area contributed by atoms with Gasteiger partial charge in [-0.2, -0.15) is 0 Å². The molecule has 2 aromatic heterocycles. The third kappa shape index (κ3) is 4.81. The van der Waals surface area contributed by atoms with Gasteiger partial charge in [0.2, 0.25) is 5.95 Å². The van der Waals surface area contributed by atoms with Gasteiger partial charge in [-0.05, 0) is 55.7 Å². The van der Waals surface area contributed by atoms with Crippen molar-refractivity contribution >= 4 is 27.6 Å². The van der Waals surface area contributed by atoms with E-state index in [0.29, 0.717) is 17.2 Å². The number of hydrogen-bond acceptors (Lipinski definition) is 7. The van der Waals surface area contributed by atoms with Crippen LogP contribution < -0.4 is 5.32 Å². The second kappa shape index (κ2) is 9.71. The zero-order valence-corrected chi connectivity index (χ0v) is 20.8. The second-order valence-corrected chi connectivity index (χ2v) is 9.90. The first-order valence-corrected chi connectivity index (χ1v) is 12.5. The SMILES string of the molecule is CCc1ccccc1Nc1ncc(C)c(-c2cc(C(=O)OC)n(S(=O)(=O)c3ccc(C)cc3)c2)n1. The highest BCUT2D eigenvalue weighted by molar-refractivity contribution is 7.90. The van der Waals surface area contributed by atoms with Crippen molar-refractivity contribution in [2.45, 2.75) is 32.1 Å². The third-order valence-electron chi connectivity index (χ3n) is 5.65. The summed E-state index contributed by atoms with van der Waals surface area (Å²) in [5.41, 5.74) is 4.48. The smallest absolute Gasteiger partial charge is 0.355 e. The quantitative estimate of drug-likeness (QED) is 0.368. The monoisotopic (exact) mass is 490 g/mol. The molecular weight excluding hydrogens is 464 g/mol. The van der Waals surface area contributed by atoms with Crippen LogP contribution in [0, 0.1) is 13.8 Å². The summed E-state index contributed by atoms with van der Waals surface area (Å²) < 4.78 is 32.6. The molecule has 4 aromatic rings. The molecule has 0 radical (unpaired) electrons. The van der Waals surface area contributed by atoms with Crippen LogP contribution in [-0.4, -0.2) is 35.4 Å². The molecule has 1 N–H and O–H groups in total. The Balaban J connectivity index is 1.81. The van der Waals surface area contributed by atoms with Gasteiger partial charge in [-0.1, -0.05) is 42.8 Å². The van der Waals surface area contributed by atoms with Gasteiger partial charge < -0.3 is 10.1 Å². The van der Waals surface area contributed by atoms with Crippen molar-refractivity contribution in [1.82, 2.24) is 13.9 Å². The first-order chi connectivity index (χ1) is 16.7. The first kappa shape index (κ1) is 24.2. The molecule has 0 bridgehead atoms. The number of benzene rings is 2. The Bertz CT molecular complexity index is 1490. The van der Waals surface area contributed by atoms with Gasteiger partial charge in [-0.25, -0.2) is 27.2 Å². The predicted molar refractivity (Wildman–Crippen MR) is 134 cm³/mol. The summed E-state index contributed by atoms with van der Waals surface area (Å²) in [6.45, 7) is 5.75. The number of methoxy groups -OCH3 is 1. The number of nitrogens with one attached hydrogen (secondary N) is 1. The van der Waals surface area contributed by atoms with Gasteiger partial charge in [0.05, 0.1) is 17.7 Å². The van der Waals surface area contributed by atoms with E-state index in [1.807, 2.05) is 38.1 Å². The predicted octanol–water partition coefficient (Wildman–Crippen LogP) is 4.89. The van der Waals surface area contributed by atoms with Crippen LogP contribution in [0.2, 0.25) is 0 Å². The fraction of sp³-hybridized carbons (Fsp3) is 0.192. The summed E-state index contributed by atoms with van der Waals surface area (Å²) in [6, 6.07) is 15.8. The Morgan fingerprint density at radius 2 is 1.80 bits per heavy atom.